The fourth-order valence-corrected chi connectivity index (χ4v) is 1.09. The molecule has 0 bridgehead atoms. The Labute approximate surface area is 114 Å². The Morgan fingerprint density at radius 3 is 1.88 bits per heavy atom. The maximum atomic E-state index is 9.00. The zero-order valence-corrected chi connectivity index (χ0v) is 11.8. The summed E-state index contributed by atoms with van der Waals surface area (Å²) in [6, 6.07) is 9.44. The summed E-state index contributed by atoms with van der Waals surface area (Å²) in [7, 11) is 0. The molecule has 0 amide bonds. The van der Waals surface area contributed by atoms with Gasteiger partial charge in [-0.25, -0.2) is 0 Å². The van der Waals surface area contributed by atoms with Crippen LogP contribution in [-0.4, -0.2) is 17.0 Å². The van der Waals surface area contributed by atoms with Crippen LogP contribution in [0.25, 0.3) is 0 Å². The first kappa shape index (κ1) is 18.6. The molecule has 0 aliphatic heterocycles. The topological polar surface area (TPSA) is 37.3 Å². The molecule has 4 heteroatoms. The van der Waals surface area contributed by atoms with E-state index < -0.39 is 5.97 Å². The van der Waals surface area contributed by atoms with E-state index in [9.17, 15) is 0 Å². The Morgan fingerprint density at radius 1 is 1.24 bits per heavy atom. The number of aliphatic carboxylic acids is 1. The van der Waals surface area contributed by atoms with Crippen LogP contribution in [0.3, 0.4) is 0 Å². The van der Waals surface area contributed by atoms with Crippen molar-refractivity contribution >= 4 is 29.2 Å². The van der Waals surface area contributed by atoms with Crippen LogP contribution >= 0.6 is 23.2 Å². The number of unbranched alkanes of at least 4 members (excludes halogenated alkanes) is 2. The largest absolute Gasteiger partial charge is 0.481 e. The minimum atomic E-state index is -0.833. The molecular formula is C13H20Cl2O2. The number of carboxylic acids is 1. The molecule has 1 rings (SSSR count). The zero-order valence-electron chi connectivity index (χ0n) is 10.3. The van der Waals surface area contributed by atoms with Gasteiger partial charge in [0.05, 0.1) is 0 Å². The summed E-state index contributed by atoms with van der Waals surface area (Å²) < 4.78 is 0. The van der Waals surface area contributed by atoms with E-state index in [0.717, 1.165) is 17.8 Å². The van der Waals surface area contributed by atoms with E-state index in [1.165, 1.54) is 19.3 Å². The summed E-state index contributed by atoms with van der Waals surface area (Å²) >= 11 is 10.9. The Hall–Kier alpha value is -0.730. The maximum Gasteiger partial charge on any atom is 0.300 e. The van der Waals surface area contributed by atoms with Crippen LogP contribution in [0.1, 0.15) is 33.1 Å². The van der Waals surface area contributed by atoms with Crippen LogP contribution in [0.4, 0.5) is 0 Å². The monoisotopic (exact) mass is 278 g/mol. The van der Waals surface area contributed by atoms with Crippen molar-refractivity contribution < 1.29 is 9.90 Å². The minimum Gasteiger partial charge on any atom is -0.481 e. The third-order valence-electron chi connectivity index (χ3n) is 1.47. The number of alkyl halides is 1. The molecule has 0 saturated heterocycles. The first-order chi connectivity index (χ1) is 8.04. The highest BCUT2D eigenvalue weighted by Crippen LogP contribution is 2.03. The second kappa shape index (κ2) is 15.3. The third-order valence-corrected chi connectivity index (χ3v) is 1.99. The van der Waals surface area contributed by atoms with Gasteiger partial charge in [0.1, 0.15) is 0 Å². The Kier molecular flexibility index (Phi) is 16.7. The molecule has 0 fully saturated rings. The van der Waals surface area contributed by atoms with E-state index in [-0.39, 0.29) is 0 Å². The number of halogens is 2. The molecule has 98 valence electrons. The molecule has 0 radical (unpaired) electrons. The van der Waals surface area contributed by atoms with Gasteiger partial charge >= 0.3 is 0 Å². The Morgan fingerprint density at radius 2 is 1.71 bits per heavy atom. The van der Waals surface area contributed by atoms with Crippen molar-refractivity contribution in [2.24, 2.45) is 0 Å². The summed E-state index contributed by atoms with van der Waals surface area (Å²) in [6.45, 7) is 3.26. The summed E-state index contributed by atoms with van der Waals surface area (Å²) in [6.07, 6.45) is 3.73. The summed E-state index contributed by atoms with van der Waals surface area (Å²) in [4.78, 5) is 9.00. The van der Waals surface area contributed by atoms with Crippen LogP contribution in [0.15, 0.2) is 30.3 Å². The van der Waals surface area contributed by atoms with E-state index in [2.05, 4.69) is 6.92 Å². The lowest BCUT2D eigenvalue weighted by Crippen LogP contribution is -1.78. The molecular weight excluding hydrogens is 259 g/mol. The van der Waals surface area contributed by atoms with Crippen molar-refractivity contribution in [3.63, 3.8) is 0 Å². The summed E-state index contributed by atoms with van der Waals surface area (Å²) in [5.74, 6) is -0.00611. The number of carboxylic acid groups (broad SMARTS) is 1. The molecule has 0 aliphatic rings. The van der Waals surface area contributed by atoms with Gasteiger partial charge in [-0.05, 0) is 18.6 Å². The van der Waals surface area contributed by atoms with Crippen molar-refractivity contribution in [3.8, 4) is 0 Å². The van der Waals surface area contributed by atoms with E-state index >= 15 is 0 Å². The van der Waals surface area contributed by atoms with Gasteiger partial charge in [0.25, 0.3) is 5.97 Å². The molecule has 0 aromatic heterocycles. The van der Waals surface area contributed by atoms with Gasteiger partial charge in [0, 0.05) is 17.8 Å². The highest BCUT2D eigenvalue weighted by Gasteiger charge is 1.77. The van der Waals surface area contributed by atoms with Crippen LogP contribution in [0, 0.1) is 0 Å². The van der Waals surface area contributed by atoms with Gasteiger partial charge in [-0.15, -0.1) is 11.6 Å². The predicted octanol–water partition coefficient (Wildman–Crippen LogP) is 4.85. The standard InChI is InChI=1S/C6H5Cl.C5H11Cl.C2H4O2/c7-6-4-2-1-3-5-6;1-2-3-4-5-6;1-2(3)4/h1-5H;2-5H2,1H3;1H3,(H,3,4). The van der Waals surface area contributed by atoms with Gasteiger partial charge in [0.2, 0.25) is 0 Å². The van der Waals surface area contributed by atoms with Crippen molar-refractivity contribution in [3.05, 3.63) is 35.4 Å². The van der Waals surface area contributed by atoms with Crippen LogP contribution in [0.2, 0.25) is 5.02 Å². The molecule has 0 atom stereocenters. The zero-order chi connectivity index (χ0) is 13.5. The minimum absolute atomic E-state index is 0.794. The van der Waals surface area contributed by atoms with E-state index in [1.807, 2.05) is 30.3 Å². The third kappa shape index (κ3) is 25.5. The number of hydrogen-bond acceptors (Lipinski definition) is 1. The van der Waals surface area contributed by atoms with Gasteiger partial charge < -0.3 is 5.11 Å². The lowest BCUT2D eigenvalue weighted by molar-refractivity contribution is -0.134. The number of hydrogen-bond donors (Lipinski definition) is 1. The molecule has 0 aliphatic carbocycles. The lowest BCUT2D eigenvalue weighted by atomic mass is 10.3. The number of benzene rings is 1. The quantitative estimate of drug-likeness (QED) is 0.634. The molecule has 0 saturated carbocycles. The van der Waals surface area contributed by atoms with Crippen molar-refractivity contribution in [2.45, 2.75) is 33.1 Å². The predicted molar refractivity (Wildman–Crippen MR) is 75.0 cm³/mol. The van der Waals surface area contributed by atoms with Gasteiger partial charge in [0.15, 0.2) is 0 Å². The number of rotatable bonds is 3. The average molecular weight is 279 g/mol. The number of carbonyl (C=O) groups is 1. The summed E-state index contributed by atoms with van der Waals surface area (Å²) in [5, 5.41) is 8.21. The molecule has 1 aromatic rings. The lowest BCUT2D eigenvalue weighted by Gasteiger charge is -1.84. The van der Waals surface area contributed by atoms with Crippen molar-refractivity contribution in [1.29, 1.82) is 0 Å². The highest BCUT2D eigenvalue weighted by molar-refractivity contribution is 6.30. The maximum absolute atomic E-state index is 9.00. The molecule has 0 unspecified atom stereocenters. The highest BCUT2D eigenvalue weighted by atomic mass is 35.5. The fraction of sp³-hybridized carbons (Fsp3) is 0.462. The molecule has 17 heavy (non-hydrogen) atoms. The fourth-order valence-electron chi connectivity index (χ4n) is 0.759. The van der Waals surface area contributed by atoms with E-state index in [4.69, 9.17) is 33.1 Å². The van der Waals surface area contributed by atoms with Gasteiger partial charge in [-0.3, -0.25) is 4.79 Å². The van der Waals surface area contributed by atoms with E-state index in [1.54, 1.807) is 0 Å². The van der Waals surface area contributed by atoms with Crippen LogP contribution < -0.4 is 0 Å². The molecule has 0 heterocycles. The molecule has 0 spiro atoms. The van der Waals surface area contributed by atoms with Crippen LogP contribution in [-0.2, 0) is 4.79 Å². The van der Waals surface area contributed by atoms with Gasteiger partial charge in [-0.2, -0.15) is 0 Å². The molecule has 1 aromatic carbocycles. The van der Waals surface area contributed by atoms with Gasteiger partial charge in [-0.1, -0.05) is 49.6 Å². The van der Waals surface area contributed by atoms with E-state index in [0.29, 0.717) is 0 Å². The van der Waals surface area contributed by atoms with Crippen molar-refractivity contribution in [2.75, 3.05) is 5.88 Å². The van der Waals surface area contributed by atoms with Crippen molar-refractivity contribution in [1.82, 2.24) is 0 Å². The SMILES string of the molecule is CC(=O)O.CCCCCCl.Clc1ccccc1. The Bertz CT molecular complexity index is 255. The second-order valence-corrected chi connectivity index (χ2v) is 4.03. The normalized spacial score (nSPS) is 8.24. The molecule has 2 nitrogen and oxygen atoms in total. The first-order valence-corrected chi connectivity index (χ1v) is 6.41. The second-order valence-electron chi connectivity index (χ2n) is 3.21. The smallest absolute Gasteiger partial charge is 0.300 e. The average Bonchev–Trinajstić information content (AvgIpc) is 2.27. The Balaban J connectivity index is 0. The first-order valence-electron chi connectivity index (χ1n) is 5.50. The molecule has 1 N–H and O–H groups in total. The van der Waals surface area contributed by atoms with Crippen LogP contribution in [0.5, 0.6) is 0 Å². The summed E-state index contributed by atoms with van der Waals surface area (Å²) in [5.41, 5.74) is 0.